The Morgan fingerprint density at radius 3 is 2.26 bits per heavy atom. The van der Waals surface area contributed by atoms with Crippen LogP contribution in [0.5, 0.6) is 0 Å². The molecule has 0 bridgehead atoms. The van der Waals surface area contributed by atoms with Crippen LogP contribution in [0.1, 0.15) is 35.2 Å². The molecule has 0 saturated heterocycles. The van der Waals surface area contributed by atoms with E-state index in [1.165, 1.54) is 22.3 Å². The largest absolute Gasteiger partial charge is 0.310 e. The van der Waals surface area contributed by atoms with E-state index < -0.39 is 0 Å². The highest BCUT2D eigenvalue weighted by Crippen LogP contribution is 2.20. The minimum Gasteiger partial charge on any atom is -0.310 e. The second-order valence-electron chi connectivity index (χ2n) is 5.15. The predicted molar refractivity (Wildman–Crippen MR) is 82.5 cm³/mol. The molecule has 0 aliphatic rings. The van der Waals surface area contributed by atoms with Gasteiger partial charge in [0.1, 0.15) is 0 Å². The van der Waals surface area contributed by atoms with Crippen molar-refractivity contribution in [2.24, 2.45) is 0 Å². The molecule has 0 radical (unpaired) electrons. The molecule has 0 saturated carbocycles. The molecule has 0 aliphatic heterocycles. The van der Waals surface area contributed by atoms with E-state index in [0.717, 1.165) is 13.0 Å². The molecular formula is C18H23N. The molecule has 1 heteroatoms. The summed E-state index contributed by atoms with van der Waals surface area (Å²) >= 11 is 0. The first kappa shape index (κ1) is 13.8. The van der Waals surface area contributed by atoms with Crippen molar-refractivity contribution < 1.29 is 0 Å². The van der Waals surface area contributed by atoms with Crippen LogP contribution >= 0.6 is 0 Å². The summed E-state index contributed by atoms with van der Waals surface area (Å²) in [6.07, 6.45) is 1.05. The van der Waals surface area contributed by atoms with Crippen molar-refractivity contribution in [3.63, 3.8) is 0 Å². The molecule has 0 heterocycles. The maximum atomic E-state index is 3.59. The number of hydrogen-bond acceptors (Lipinski definition) is 1. The van der Waals surface area contributed by atoms with E-state index in [4.69, 9.17) is 0 Å². The van der Waals surface area contributed by atoms with Gasteiger partial charge in [0, 0.05) is 6.04 Å². The van der Waals surface area contributed by atoms with Crippen molar-refractivity contribution in [1.82, 2.24) is 5.32 Å². The lowest BCUT2D eigenvalue weighted by Gasteiger charge is -2.20. The highest BCUT2D eigenvalue weighted by atomic mass is 14.9. The second kappa shape index (κ2) is 6.53. The third kappa shape index (κ3) is 3.68. The highest BCUT2D eigenvalue weighted by molar-refractivity contribution is 5.30. The summed E-state index contributed by atoms with van der Waals surface area (Å²) in [6, 6.07) is 17.9. The normalized spacial score (nSPS) is 12.4. The van der Waals surface area contributed by atoms with E-state index in [2.05, 4.69) is 74.6 Å². The Morgan fingerprint density at radius 1 is 0.947 bits per heavy atom. The van der Waals surface area contributed by atoms with Gasteiger partial charge >= 0.3 is 0 Å². The maximum Gasteiger partial charge on any atom is 0.0360 e. The fraction of sp³-hybridized carbons (Fsp3) is 0.333. The van der Waals surface area contributed by atoms with Crippen LogP contribution in [0.3, 0.4) is 0 Å². The zero-order chi connectivity index (χ0) is 13.7. The molecule has 2 aromatic carbocycles. The van der Waals surface area contributed by atoms with Crippen LogP contribution in [0.4, 0.5) is 0 Å². The monoisotopic (exact) mass is 253 g/mol. The molecule has 2 rings (SSSR count). The fourth-order valence-corrected chi connectivity index (χ4v) is 2.41. The SMILES string of the molecule is CCNC(Cc1ccccc1C)c1ccc(C)cc1. The van der Waals surface area contributed by atoms with Crippen LogP contribution in [-0.2, 0) is 6.42 Å². The Balaban J connectivity index is 2.21. The summed E-state index contributed by atoms with van der Waals surface area (Å²) in [4.78, 5) is 0. The molecular weight excluding hydrogens is 230 g/mol. The van der Waals surface area contributed by atoms with Crippen LogP contribution in [-0.4, -0.2) is 6.54 Å². The second-order valence-corrected chi connectivity index (χ2v) is 5.15. The maximum absolute atomic E-state index is 3.59. The van der Waals surface area contributed by atoms with Crippen LogP contribution in [0.2, 0.25) is 0 Å². The predicted octanol–water partition coefficient (Wildman–Crippen LogP) is 4.20. The summed E-state index contributed by atoms with van der Waals surface area (Å²) in [5.74, 6) is 0. The summed E-state index contributed by atoms with van der Waals surface area (Å²) < 4.78 is 0. The highest BCUT2D eigenvalue weighted by Gasteiger charge is 2.11. The van der Waals surface area contributed by atoms with Crippen LogP contribution < -0.4 is 5.32 Å². The van der Waals surface area contributed by atoms with Crippen molar-refractivity contribution in [3.05, 3.63) is 70.8 Å². The van der Waals surface area contributed by atoms with Gasteiger partial charge in [0.15, 0.2) is 0 Å². The molecule has 1 nitrogen and oxygen atoms in total. The first-order chi connectivity index (χ1) is 9.20. The average molecular weight is 253 g/mol. The van der Waals surface area contributed by atoms with Crippen molar-refractivity contribution in [2.75, 3.05) is 6.54 Å². The minimum atomic E-state index is 0.395. The van der Waals surface area contributed by atoms with Crippen LogP contribution in [0.25, 0.3) is 0 Å². The molecule has 1 atom stereocenters. The summed E-state index contributed by atoms with van der Waals surface area (Å²) in [5, 5.41) is 3.59. The van der Waals surface area contributed by atoms with Gasteiger partial charge in [0.2, 0.25) is 0 Å². The number of hydrogen-bond donors (Lipinski definition) is 1. The van der Waals surface area contributed by atoms with Crippen molar-refractivity contribution in [3.8, 4) is 0 Å². The van der Waals surface area contributed by atoms with Gasteiger partial charge in [-0.1, -0.05) is 61.0 Å². The standard InChI is InChI=1S/C18H23N/c1-4-19-18(16-11-9-14(2)10-12-16)13-17-8-6-5-7-15(17)3/h5-12,18-19H,4,13H2,1-3H3. The number of benzene rings is 2. The van der Waals surface area contributed by atoms with E-state index >= 15 is 0 Å². The molecule has 1 N–H and O–H groups in total. The molecule has 2 aromatic rings. The Hall–Kier alpha value is -1.60. The summed E-state index contributed by atoms with van der Waals surface area (Å²) in [5.41, 5.74) is 5.48. The Kier molecular flexibility index (Phi) is 4.75. The first-order valence-electron chi connectivity index (χ1n) is 7.05. The number of aryl methyl sites for hydroxylation is 2. The van der Waals surface area contributed by atoms with E-state index in [0.29, 0.717) is 6.04 Å². The van der Waals surface area contributed by atoms with Gasteiger partial charge in [-0.15, -0.1) is 0 Å². The van der Waals surface area contributed by atoms with Crippen molar-refractivity contribution in [2.45, 2.75) is 33.2 Å². The average Bonchev–Trinajstić information content (AvgIpc) is 2.42. The van der Waals surface area contributed by atoms with Gasteiger partial charge in [0.05, 0.1) is 0 Å². The third-order valence-corrected chi connectivity index (χ3v) is 3.62. The quantitative estimate of drug-likeness (QED) is 0.842. The number of likely N-dealkylation sites (N-methyl/N-ethyl adjacent to an activating group) is 1. The third-order valence-electron chi connectivity index (χ3n) is 3.62. The van der Waals surface area contributed by atoms with E-state index in [-0.39, 0.29) is 0 Å². The van der Waals surface area contributed by atoms with Crippen molar-refractivity contribution >= 4 is 0 Å². The Bertz CT molecular complexity index is 513. The number of rotatable bonds is 5. The van der Waals surface area contributed by atoms with Gasteiger partial charge in [-0.05, 0) is 43.5 Å². The van der Waals surface area contributed by atoms with Crippen LogP contribution in [0, 0.1) is 13.8 Å². The molecule has 1 unspecified atom stereocenters. The number of nitrogens with one attached hydrogen (secondary N) is 1. The Morgan fingerprint density at radius 2 is 1.63 bits per heavy atom. The Labute approximate surface area is 116 Å². The molecule has 0 fully saturated rings. The summed E-state index contributed by atoms with van der Waals surface area (Å²) in [6.45, 7) is 7.48. The van der Waals surface area contributed by atoms with Gasteiger partial charge in [-0.25, -0.2) is 0 Å². The van der Waals surface area contributed by atoms with Gasteiger partial charge < -0.3 is 5.32 Å². The van der Waals surface area contributed by atoms with Gasteiger partial charge in [0.25, 0.3) is 0 Å². The lowest BCUT2D eigenvalue weighted by molar-refractivity contribution is 0.548. The fourth-order valence-electron chi connectivity index (χ4n) is 2.41. The zero-order valence-electron chi connectivity index (χ0n) is 12.1. The lowest BCUT2D eigenvalue weighted by atomic mass is 9.95. The molecule has 19 heavy (non-hydrogen) atoms. The smallest absolute Gasteiger partial charge is 0.0360 e. The zero-order valence-corrected chi connectivity index (χ0v) is 12.1. The molecule has 0 amide bonds. The molecule has 0 spiro atoms. The topological polar surface area (TPSA) is 12.0 Å². The molecule has 0 aliphatic carbocycles. The van der Waals surface area contributed by atoms with Crippen LogP contribution in [0.15, 0.2) is 48.5 Å². The molecule has 100 valence electrons. The van der Waals surface area contributed by atoms with E-state index in [1.54, 1.807) is 0 Å². The van der Waals surface area contributed by atoms with E-state index in [1.807, 2.05) is 0 Å². The van der Waals surface area contributed by atoms with E-state index in [9.17, 15) is 0 Å². The molecule has 0 aromatic heterocycles. The summed E-state index contributed by atoms with van der Waals surface area (Å²) in [7, 11) is 0. The van der Waals surface area contributed by atoms with Gasteiger partial charge in [-0.2, -0.15) is 0 Å². The lowest BCUT2D eigenvalue weighted by Crippen LogP contribution is -2.23. The van der Waals surface area contributed by atoms with Crippen molar-refractivity contribution in [1.29, 1.82) is 0 Å². The van der Waals surface area contributed by atoms with Gasteiger partial charge in [-0.3, -0.25) is 0 Å². The minimum absolute atomic E-state index is 0.395. The first-order valence-corrected chi connectivity index (χ1v) is 7.05.